The van der Waals surface area contributed by atoms with Crippen LogP contribution in [0.5, 0.6) is 0 Å². The SMILES string of the molecule is O=C(CNC(=O)C1CC(=O)N(c2ccc(F)cc2)C1)NCc1ccccc1Cl. The van der Waals surface area contributed by atoms with E-state index < -0.39 is 11.7 Å². The summed E-state index contributed by atoms with van der Waals surface area (Å²) in [6.07, 6.45) is 0.0461. The Labute approximate surface area is 166 Å². The molecule has 146 valence electrons. The van der Waals surface area contributed by atoms with Crippen molar-refractivity contribution in [3.8, 4) is 0 Å². The Morgan fingerprint density at radius 3 is 2.54 bits per heavy atom. The van der Waals surface area contributed by atoms with Gasteiger partial charge in [0.2, 0.25) is 17.7 Å². The van der Waals surface area contributed by atoms with Gasteiger partial charge in [-0.15, -0.1) is 0 Å². The minimum atomic E-state index is -0.561. The van der Waals surface area contributed by atoms with E-state index in [0.29, 0.717) is 10.7 Å². The molecule has 3 rings (SSSR count). The van der Waals surface area contributed by atoms with Crippen LogP contribution in [0.15, 0.2) is 48.5 Å². The van der Waals surface area contributed by atoms with Crippen molar-refractivity contribution < 1.29 is 18.8 Å². The highest BCUT2D eigenvalue weighted by Crippen LogP contribution is 2.25. The van der Waals surface area contributed by atoms with Crippen molar-refractivity contribution in [3.05, 3.63) is 64.9 Å². The van der Waals surface area contributed by atoms with Crippen molar-refractivity contribution in [2.24, 2.45) is 5.92 Å². The van der Waals surface area contributed by atoms with Crippen molar-refractivity contribution in [1.82, 2.24) is 10.6 Å². The molecule has 8 heteroatoms. The second-order valence-corrected chi connectivity index (χ2v) is 6.87. The van der Waals surface area contributed by atoms with E-state index in [1.807, 2.05) is 6.07 Å². The zero-order valence-electron chi connectivity index (χ0n) is 15.0. The standard InChI is InChI=1S/C20H19ClFN3O3/c21-17-4-2-1-3-13(17)10-23-18(26)11-24-20(28)14-9-19(27)25(12-14)16-7-5-15(22)6-8-16/h1-8,14H,9-12H2,(H,23,26)(H,24,28). The Morgan fingerprint density at radius 1 is 1.11 bits per heavy atom. The van der Waals surface area contributed by atoms with Gasteiger partial charge in [0.05, 0.1) is 12.5 Å². The molecular weight excluding hydrogens is 385 g/mol. The lowest BCUT2D eigenvalue weighted by atomic mass is 10.1. The maximum Gasteiger partial charge on any atom is 0.239 e. The summed E-state index contributed by atoms with van der Waals surface area (Å²) < 4.78 is 13.0. The molecule has 1 aliphatic heterocycles. The van der Waals surface area contributed by atoms with Crippen molar-refractivity contribution in [3.63, 3.8) is 0 Å². The molecule has 1 saturated heterocycles. The first-order valence-electron chi connectivity index (χ1n) is 8.78. The Bertz CT molecular complexity index is 889. The van der Waals surface area contributed by atoms with Crippen LogP contribution in [0.1, 0.15) is 12.0 Å². The van der Waals surface area contributed by atoms with Gasteiger partial charge in [-0.2, -0.15) is 0 Å². The van der Waals surface area contributed by atoms with Gasteiger partial charge in [0.15, 0.2) is 0 Å². The summed E-state index contributed by atoms with van der Waals surface area (Å²) in [6, 6.07) is 12.7. The number of anilines is 1. The van der Waals surface area contributed by atoms with E-state index in [9.17, 15) is 18.8 Å². The molecule has 0 radical (unpaired) electrons. The molecule has 0 spiro atoms. The van der Waals surface area contributed by atoms with Gasteiger partial charge in [-0.05, 0) is 35.9 Å². The predicted molar refractivity (Wildman–Crippen MR) is 103 cm³/mol. The molecule has 0 bridgehead atoms. The smallest absolute Gasteiger partial charge is 0.239 e. The second kappa shape index (κ2) is 8.84. The Kier molecular flexibility index (Phi) is 6.26. The van der Waals surface area contributed by atoms with Gasteiger partial charge in [0.1, 0.15) is 5.82 Å². The highest BCUT2D eigenvalue weighted by molar-refractivity contribution is 6.31. The lowest BCUT2D eigenvalue weighted by Gasteiger charge is -2.16. The number of nitrogens with zero attached hydrogens (tertiary/aromatic N) is 1. The van der Waals surface area contributed by atoms with Gasteiger partial charge in [0, 0.05) is 30.2 Å². The predicted octanol–water partition coefficient (Wildman–Crippen LogP) is 2.26. The highest BCUT2D eigenvalue weighted by Gasteiger charge is 2.35. The third kappa shape index (κ3) is 4.86. The molecule has 3 amide bonds. The summed E-state index contributed by atoms with van der Waals surface area (Å²) in [6.45, 7) is 0.261. The average molecular weight is 404 g/mol. The van der Waals surface area contributed by atoms with Crippen LogP contribution in [0.3, 0.4) is 0 Å². The number of rotatable bonds is 6. The van der Waals surface area contributed by atoms with Crippen LogP contribution in [0.2, 0.25) is 5.02 Å². The first-order chi connectivity index (χ1) is 13.4. The summed E-state index contributed by atoms with van der Waals surface area (Å²) in [5.74, 6) is -1.89. The zero-order chi connectivity index (χ0) is 20.1. The molecule has 0 aromatic heterocycles. The van der Waals surface area contributed by atoms with Gasteiger partial charge >= 0.3 is 0 Å². The lowest BCUT2D eigenvalue weighted by molar-refractivity contribution is -0.129. The summed E-state index contributed by atoms with van der Waals surface area (Å²) in [4.78, 5) is 37.9. The number of halogens is 2. The average Bonchev–Trinajstić information content (AvgIpc) is 3.08. The number of carbonyl (C=O) groups is 3. The molecule has 1 fully saturated rings. The quantitative estimate of drug-likeness (QED) is 0.776. The fourth-order valence-electron chi connectivity index (χ4n) is 2.96. The fourth-order valence-corrected chi connectivity index (χ4v) is 3.17. The van der Waals surface area contributed by atoms with Crippen molar-refractivity contribution in [2.75, 3.05) is 18.0 Å². The number of benzene rings is 2. The molecule has 2 aromatic carbocycles. The number of hydrogen-bond donors (Lipinski definition) is 2. The van der Waals surface area contributed by atoms with E-state index in [2.05, 4.69) is 10.6 Å². The first kappa shape index (κ1) is 19.8. The molecule has 0 saturated carbocycles. The summed E-state index contributed by atoms with van der Waals surface area (Å²) in [7, 11) is 0. The molecule has 0 aliphatic carbocycles. The van der Waals surface area contributed by atoms with Crippen LogP contribution in [0.25, 0.3) is 0 Å². The van der Waals surface area contributed by atoms with Crippen LogP contribution in [-0.2, 0) is 20.9 Å². The highest BCUT2D eigenvalue weighted by atomic mass is 35.5. The van der Waals surface area contributed by atoms with E-state index in [0.717, 1.165) is 5.56 Å². The Morgan fingerprint density at radius 2 is 1.82 bits per heavy atom. The third-order valence-corrected chi connectivity index (χ3v) is 4.86. The van der Waals surface area contributed by atoms with Crippen LogP contribution < -0.4 is 15.5 Å². The number of hydrogen-bond acceptors (Lipinski definition) is 3. The minimum absolute atomic E-state index is 0.0461. The van der Waals surface area contributed by atoms with E-state index in [4.69, 9.17) is 11.6 Å². The first-order valence-corrected chi connectivity index (χ1v) is 9.15. The van der Waals surface area contributed by atoms with Crippen LogP contribution in [0, 0.1) is 11.7 Å². The number of amides is 3. The number of carbonyl (C=O) groups excluding carboxylic acids is 3. The lowest BCUT2D eigenvalue weighted by Crippen LogP contribution is -2.40. The topological polar surface area (TPSA) is 78.5 Å². The Hall–Kier alpha value is -2.93. The zero-order valence-corrected chi connectivity index (χ0v) is 15.7. The van der Waals surface area contributed by atoms with Crippen LogP contribution in [-0.4, -0.2) is 30.8 Å². The largest absolute Gasteiger partial charge is 0.350 e. The molecule has 1 atom stereocenters. The summed E-state index contributed by atoms with van der Waals surface area (Å²) >= 11 is 6.03. The van der Waals surface area contributed by atoms with Gasteiger partial charge in [0.25, 0.3) is 0 Å². The van der Waals surface area contributed by atoms with Gasteiger partial charge in [-0.3, -0.25) is 14.4 Å². The molecule has 6 nitrogen and oxygen atoms in total. The molecular formula is C20H19ClFN3O3. The molecule has 1 heterocycles. The van der Waals surface area contributed by atoms with E-state index >= 15 is 0 Å². The minimum Gasteiger partial charge on any atom is -0.350 e. The van der Waals surface area contributed by atoms with Gasteiger partial charge in [-0.1, -0.05) is 29.8 Å². The molecule has 1 unspecified atom stereocenters. The second-order valence-electron chi connectivity index (χ2n) is 6.47. The van der Waals surface area contributed by atoms with Crippen molar-refractivity contribution in [2.45, 2.75) is 13.0 Å². The van der Waals surface area contributed by atoms with E-state index in [1.54, 1.807) is 18.2 Å². The number of nitrogens with one attached hydrogen (secondary N) is 2. The van der Waals surface area contributed by atoms with E-state index in [-0.39, 0.29) is 43.8 Å². The van der Waals surface area contributed by atoms with Gasteiger partial charge in [-0.25, -0.2) is 4.39 Å². The van der Waals surface area contributed by atoms with Crippen LogP contribution >= 0.6 is 11.6 Å². The molecule has 1 aliphatic rings. The normalized spacial score (nSPS) is 16.1. The fraction of sp³-hybridized carbons (Fsp3) is 0.250. The van der Waals surface area contributed by atoms with Crippen LogP contribution in [0.4, 0.5) is 10.1 Å². The van der Waals surface area contributed by atoms with Crippen molar-refractivity contribution in [1.29, 1.82) is 0 Å². The maximum atomic E-state index is 13.0. The Balaban J connectivity index is 1.47. The molecule has 2 N–H and O–H groups in total. The molecule has 2 aromatic rings. The maximum absolute atomic E-state index is 13.0. The van der Waals surface area contributed by atoms with E-state index in [1.165, 1.54) is 29.2 Å². The monoisotopic (exact) mass is 403 g/mol. The molecule has 28 heavy (non-hydrogen) atoms. The third-order valence-electron chi connectivity index (χ3n) is 4.49. The summed E-state index contributed by atoms with van der Waals surface area (Å²) in [5, 5.41) is 5.79. The summed E-state index contributed by atoms with van der Waals surface area (Å²) in [5.41, 5.74) is 1.32. The van der Waals surface area contributed by atoms with Crippen molar-refractivity contribution >= 4 is 35.0 Å². The van der Waals surface area contributed by atoms with Gasteiger partial charge < -0.3 is 15.5 Å².